The van der Waals surface area contributed by atoms with E-state index in [4.69, 9.17) is 11.6 Å². The van der Waals surface area contributed by atoms with Gasteiger partial charge in [-0.2, -0.15) is 0 Å². The molecule has 0 spiro atoms. The molecule has 0 amide bonds. The SMILES string of the molecule is Clc1cccc(-n2ccnc2NC2CCCC2)c1Br. The average molecular weight is 341 g/mol. The van der Waals surface area contributed by atoms with E-state index in [2.05, 4.69) is 26.2 Å². The molecule has 1 aliphatic carbocycles. The number of aromatic nitrogens is 2. The summed E-state index contributed by atoms with van der Waals surface area (Å²) in [6.07, 6.45) is 8.82. The first-order chi connectivity index (χ1) is 9.25. The minimum atomic E-state index is 0.541. The molecular formula is C14H15BrClN3. The molecule has 0 bridgehead atoms. The third-order valence-electron chi connectivity index (χ3n) is 3.52. The highest BCUT2D eigenvalue weighted by Crippen LogP contribution is 2.31. The molecule has 0 aliphatic heterocycles. The first-order valence-electron chi connectivity index (χ1n) is 6.50. The summed E-state index contributed by atoms with van der Waals surface area (Å²) in [4.78, 5) is 4.41. The molecule has 19 heavy (non-hydrogen) atoms. The third-order valence-corrected chi connectivity index (χ3v) is 4.90. The molecule has 2 aromatic rings. The molecule has 1 aromatic heterocycles. The summed E-state index contributed by atoms with van der Waals surface area (Å²) in [5.41, 5.74) is 1.01. The molecule has 0 saturated heterocycles. The smallest absolute Gasteiger partial charge is 0.207 e. The Morgan fingerprint density at radius 3 is 2.89 bits per heavy atom. The van der Waals surface area contributed by atoms with Gasteiger partial charge in [0.1, 0.15) is 0 Å². The van der Waals surface area contributed by atoms with Crippen molar-refractivity contribution in [2.24, 2.45) is 0 Å². The van der Waals surface area contributed by atoms with E-state index in [0.29, 0.717) is 11.1 Å². The Morgan fingerprint density at radius 2 is 2.11 bits per heavy atom. The summed E-state index contributed by atoms with van der Waals surface area (Å²) in [5.74, 6) is 0.884. The van der Waals surface area contributed by atoms with Crippen LogP contribution in [0.5, 0.6) is 0 Å². The van der Waals surface area contributed by atoms with Gasteiger partial charge in [0.2, 0.25) is 5.95 Å². The van der Waals surface area contributed by atoms with Crippen LogP contribution in [-0.2, 0) is 0 Å². The van der Waals surface area contributed by atoms with E-state index in [1.54, 1.807) is 0 Å². The van der Waals surface area contributed by atoms with Crippen LogP contribution >= 0.6 is 27.5 Å². The lowest BCUT2D eigenvalue weighted by Gasteiger charge is -2.15. The number of hydrogen-bond acceptors (Lipinski definition) is 2. The predicted octanol–water partition coefficient (Wildman–Crippen LogP) is 4.64. The van der Waals surface area contributed by atoms with Crippen molar-refractivity contribution in [3.05, 3.63) is 40.1 Å². The predicted molar refractivity (Wildman–Crippen MR) is 82.2 cm³/mol. The highest BCUT2D eigenvalue weighted by Gasteiger charge is 2.17. The molecule has 5 heteroatoms. The summed E-state index contributed by atoms with van der Waals surface area (Å²) < 4.78 is 2.93. The molecule has 3 rings (SSSR count). The average Bonchev–Trinajstić information content (AvgIpc) is 3.05. The molecule has 1 heterocycles. The zero-order chi connectivity index (χ0) is 13.2. The van der Waals surface area contributed by atoms with Gasteiger partial charge in [-0.3, -0.25) is 4.57 Å². The molecular weight excluding hydrogens is 326 g/mol. The number of halogens is 2. The van der Waals surface area contributed by atoms with Crippen molar-refractivity contribution in [3.63, 3.8) is 0 Å². The number of hydrogen-bond donors (Lipinski definition) is 1. The van der Waals surface area contributed by atoms with E-state index in [9.17, 15) is 0 Å². The quantitative estimate of drug-likeness (QED) is 0.882. The van der Waals surface area contributed by atoms with E-state index in [0.717, 1.165) is 16.1 Å². The summed E-state index contributed by atoms with van der Waals surface area (Å²) in [6, 6.07) is 6.38. The van der Waals surface area contributed by atoms with E-state index >= 15 is 0 Å². The highest BCUT2D eigenvalue weighted by atomic mass is 79.9. The van der Waals surface area contributed by atoms with Crippen LogP contribution < -0.4 is 5.32 Å². The first kappa shape index (κ1) is 13.0. The third kappa shape index (κ3) is 2.65. The van der Waals surface area contributed by atoms with Gasteiger partial charge in [0.05, 0.1) is 15.2 Å². The highest BCUT2D eigenvalue weighted by molar-refractivity contribution is 9.10. The fraction of sp³-hybridized carbons (Fsp3) is 0.357. The molecule has 0 unspecified atom stereocenters. The Morgan fingerprint density at radius 1 is 1.32 bits per heavy atom. The Bertz CT molecular complexity index is 576. The Labute approximate surface area is 126 Å². The molecule has 0 atom stereocenters. The van der Waals surface area contributed by atoms with Gasteiger partial charge in [0.15, 0.2) is 0 Å². The van der Waals surface area contributed by atoms with Crippen molar-refractivity contribution in [1.29, 1.82) is 0 Å². The van der Waals surface area contributed by atoms with Gasteiger partial charge in [-0.25, -0.2) is 4.98 Å². The molecule has 3 nitrogen and oxygen atoms in total. The number of nitrogens with zero attached hydrogens (tertiary/aromatic N) is 2. The minimum absolute atomic E-state index is 0.541. The standard InChI is InChI=1S/C14H15BrClN3/c15-13-11(16)6-3-7-12(13)19-9-8-17-14(19)18-10-4-1-2-5-10/h3,6-10H,1-2,4-5H2,(H,17,18). The van der Waals surface area contributed by atoms with Crippen LogP contribution in [0.1, 0.15) is 25.7 Å². The number of imidazole rings is 1. The maximum atomic E-state index is 6.15. The lowest BCUT2D eigenvalue weighted by atomic mass is 10.2. The van der Waals surface area contributed by atoms with Crippen LogP contribution in [0.4, 0.5) is 5.95 Å². The maximum Gasteiger partial charge on any atom is 0.207 e. The van der Waals surface area contributed by atoms with Gasteiger partial charge in [-0.05, 0) is 40.9 Å². The van der Waals surface area contributed by atoms with E-state index < -0.39 is 0 Å². The van der Waals surface area contributed by atoms with Crippen molar-refractivity contribution in [1.82, 2.24) is 9.55 Å². The van der Waals surface area contributed by atoms with Crippen molar-refractivity contribution in [2.75, 3.05) is 5.32 Å². The first-order valence-corrected chi connectivity index (χ1v) is 7.67. The van der Waals surface area contributed by atoms with Crippen molar-refractivity contribution >= 4 is 33.5 Å². The van der Waals surface area contributed by atoms with Crippen LogP contribution in [0.25, 0.3) is 5.69 Å². The molecule has 100 valence electrons. The molecule has 0 radical (unpaired) electrons. The van der Waals surface area contributed by atoms with Gasteiger partial charge < -0.3 is 5.32 Å². The van der Waals surface area contributed by atoms with Crippen LogP contribution in [-0.4, -0.2) is 15.6 Å². The van der Waals surface area contributed by atoms with Gasteiger partial charge >= 0.3 is 0 Å². The van der Waals surface area contributed by atoms with Gasteiger partial charge in [0.25, 0.3) is 0 Å². The Balaban J connectivity index is 1.92. The fourth-order valence-corrected chi connectivity index (χ4v) is 3.16. The van der Waals surface area contributed by atoms with E-state index in [1.807, 2.05) is 35.2 Å². The number of nitrogens with one attached hydrogen (secondary N) is 1. The largest absolute Gasteiger partial charge is 0.353 e. The van der Waals surface area contributed by atoms with E-state index in [1.165, 1.54) is 25.7 Å². The second-order valence-electron chi connectivity index (χ2n) is 4.82. The number of anilines is 1. The van der Waals surface area contributed by atoms with Crippen LogP contribution in [0, 0.1) is 0 Å². The van der Waals surface area contributed by atoms with Crippen molar-refractivity contribution < 1.29 is 0 Å². The summed E-state index contributed by atoms with van der Waals surface area (Å²) in [5, 5.41) is 4.23. The maximum absolute atomic E-state index is 6.15. The van der Waals surface area contributed by atoms with Crippen molar-refractivity contribution in [3.8, 4) is 5.69 Å². The molecule has 1 aliphatic rings. The van der Waals surface area contributed by atoms with Gasteiger partial charge in [-0.1, -0.05) is 30.5 Å². The zero-order valence-electron chi connectivity index (χ0n) is 10.4. The van der Waals surface area contributed by atoms with Gasteiger partial charge in [-0.15, -0.1) is 0 Å². The number of rotatable bonds is 3. The molecule has 1 N–H and O–H groups in total. The summed E-state index contributed by atoms with van der Waals surface area (Å²) in [6.45, 7) is 0. The normalized spacial score (nSPS) is 15.9. The summed E-state index contributed by atoms with van der Waals surface area (Å²) in [7, 11) is 0. The Hall–Kier alpha value is -1.00. The zero-order valence-corrected chi connectivity index (χ0v) is 12.8. The van der Waals surface area contributed by atoms with E-state index in [-0.39, 0.29) is 0 Å². The molecule has 1 fully saturated rings. The molecule has 1 aromatic carbocycles. The Kier molecular flexibility index (Phi) is 3.80. The fourth-order valence-electron chi connectivity index (χ4n) is 2.54. The number of benzene rings is 1. The summed E-state index contributed by atoms with van der Waals surface area (Å²) >= 11 is 9.69. The molecule has 1 saturated carbocycles. The lowest BCUT2D eigenvalue weighted by Crippen LogP contribution is -2.17. The minimum Gasteiger partial charge on any atom is -0.353 e. The topological polar surface area (TPSA) is 29.9 Å². The van der Waals surface area contributed by atoms with Crippen LogP contribution in [0.3, 0.4) is 0 Å². The second kappa shape index (κ2) is 5.55. The monoisotopic (exact) mass is 339 g/mol. The second-order valence-corrected chi connectivity index (χ2v) is 6.02. The van der Waals surface area contributed by atoms with Gasteiger partial charge in [0, 0.05) is 18.4 Å². The van der Waals surface area contributed by atoms with Crippen LogP contribution in [0.2, 0.25) is 5.02 Å². The van der Waals surface area contributed by atoms with Crippen molar-refractivity contribution in [2.45, 2.75) is 31.7 Å². The lowest BCUT2D eigenvalue weighted by molar-refractivity contribution is 0.740. The van der Waals surface area contributed by atoms with Crippen LogP contribution in [0.15, 0.2) is 35.1 Å².